The Morgan fingerprint density at radius 2 is 1.97 bits per heavy atom. The molecule has 6 nitrogen and oxygen atoms in total. The van der Waals surface area contributed by atoms with Crippen LogP contribution in [-0.2, 0) is 14.6 Å². The smallest absolute Gasteiger partial charge is 0.285 e. The molecule has 0 aromatic heterocycles. The van der Waals surface area contributed by atoms with E-state index < -0.39 is 9.84 Å². The highest BCUT2D eigenvalue weighted by Gasteiger charge is 2.54. The monoisotopic (exact) mass is 454 g/mol. The second-order valence-corrected chi connectivity index (χ2v) is 12.3. The Bertz CT molecular complexity index is 950. The number of hydrogen-bond acceptors (Lipinski definition) is 5. The summed E-state index contributed by atoms with van der Waals surface area (Å²) in [4.78, 5) is 19.1. The predicted octanol–water partition coefficient (Wildman–Crippen LogP) is 3.00. The van der Waals surface area contributed by atoms with Crippen LogP contribution in [0.15, 0.2) is 29.3 Å². The number of sulfone groups is 1. The average Bonchev–Trinajstić information content (AvgIpc) is 3.41. The van der Waals surface area contributed by atoms with Gasteiger partial charge in [0.2, 0.25) is 0 Å². The lowest BCUT2D eigenvalue weighted by Crippen LogP contribution is -2.47. The maximum atomic E-state index is 12.5. The van der Waals surface area contributed by atoms with Crippen molar-refractivity contribution < 1.29 is 17.9 Å². The summed E-state index contributed by atoms with van der Waals surface area (Å²) in [5, 5.41) is 1.27. The van der Waals surface area contributed by atoms with E-state index in [0.717, 1.165) is 12.3 Å². The summed E-state index contributed by atoms with van der Waals surface area (Å²) in [6, 6.07) is 7.09. The molecule has 2 saturated heterocycles. The third kappa shape index (κ3) is 3.91. The van der Waals surface area contributed by atoms with Crippen molar-refractivity contribution in [3.63, 3.8) is 0 Å². The first kappa shape index (κ1) is 19.7. The number of rotatable bonds is 4. The zero-order chi connectivity index (χ0) is 20.2. The summed E-state index contributed by atoms with van der Waals surface area (Å²) >= 11 is 7.32. The zero-order valence-electron chi connectivity index (χ0n) is 15.9. The van der Waals surface area contributed by atoms with Gasteiger partial charge in [-0.3, -0.25) is 4.79 Å². The third-order valence-corrected chi connectivity index (χ3v) is 10.0. The van der Waals surface area contributed by atoms with Gasteiger partial charge in [0.15, 0.2) is 21.6 Å². The van der Waals surface area contributed by atoms with Crippen molar-refractivity contribution in [2.45, 2.75) is 43.0 Å². The van der Waals surface area contributed by atoms with Crippen LogP contribution in [0.3, 0.4) is 0 Å². The van der Waals surface area contributed by atoms with Gasteiger partial charge in [-0.15, -0.1) is 0 Å². The number of fused-ring (bicyclic) bond motifs is 3. The number of hydrogen-bond donors (Lipinski definition) is 0. The van der Waals surface area contributed by atoms with Crippen LogP contribution in [0.4, 0.5) is 0 Å². The van der Waals surface area contributed by atoms with Gasteiger partial charge in [0.25, 0.3) is 5.91 Å². The maximum absolute atomic E-state index is 12.5. The Kier molecular flexibility index (Phi) is 5.07. The van der Waals surface area contributed by atoms with Crippen molar-refractivity contribution in [1.29, 1.82) is 0 Å². The largest absolute Gasteiger partial charge is 0.484 e. The van der Waals surface area contributed by atoms with Crippen LogP contribution in [-0.4, -0.2) is 59.8 Å². The minimum Gasteiger partial charge on any atom is -0.484 e. The SMILES string of the molecule is O=C(COc1ccc(Cl)cc1)N=C1S[C@@H]2CS(=O)(=O)C[C@H]2N1[C@@H]1C[C@H]2CC[C@H]1C2. The number of benzene rings is 1. The van der Waals surface area contributed by atoms with Gasteiger partial charge in [-0.2, -0.15) is 4.99 Å². The molecule has 5 rings (SSSR count). The van der Waals surface area contributed by atoms with Gasteiger partial charge in [-0.1, -0.05) is 29.8 Å². The van der Waals surface area contributed by atoms with E-state index in [-0.39, 0.29) is 35.3 Å². The molecule has 2 heterocycles. The van der Waals surface area contributed by atoms with Crippen LogP contribution in [0.2, 0.25) is 5.02 Å². The van der Waals surface area contributed by atoms with Crippen molar-refractivity contribution in [3.8, 4) is 5.75 Å². The normalized spacial score (nSPS) is 36.0. The van der Waals surface area contributed by atoms with E-state index in [4.69, 9.17) is 16.3 Å². The maximum Gasteiger partial charge on any atom is 0.285 e. The van der Waals surface area contributed by atoms with E-state index >= 15 is 0 Å². The number of carbonyl (C=O) groups is 1. The van der Waals surface area contributed by atoms with Crippen molar-refractivity contribution in [2.24, 2.45) is 16.8 Å². The molecule has 1 aromatic rings. The number of ether oxygens (including phenoxy) is 1. The number of halogens is 1. The van der Waals surface area contributed by atoms with Crippen LogP contribution in [0.1, 0.15) is 25.7 Å². The molecule has 9 heteroatoms. The van der Waals surface area contributed by atoms with E-state index in [1.165, 1.54) is 31.0 Å². The first-order chi connectivity index (χ1) is 13.9. The summed E-state index contributed by atoms with van der Waals surface area (Å²) < 4.78 is 29.9. The summed E-state index contributed by atoms with van der Waals surface area (Å²) in [5.41, 5.74) is 0. The summed E-state index contributed by atoms with van der Waals surface area (Å²) in [6.45, 7) is -0.149. The number of thioether (sulfide) groups is 1. The first-order valence-electron chi connectivity index (χ1n) is 10.0. The molecule has 0 N–H and O–H groups in total. The Balaban J connectivity index is 1.33. The Morgan fingerprint density at radius 1 is 1.17 bits per heavy atom. The molecule has 0 radical (unpaired) electrons. The lowest BCUT2D eigenvalue weighted by molar-refractivity contribution is -0.119. The van der Waals surface area contributed by atoms with Crippen LogP contribution >= 0.6 is 23.4 Å². The molecule has 4 fully saturated rings. The molecule has 2 saturated carbocycles. The van der Waals surface area contributed by atoms with Crippen LogP contribution in [0.5, 0.6) is 5.75 Å². The van der Waals surface area contributed by atoms with E-state index in [2.05, 4.69) is 9.89 Å². The minimum absolute atomic E-state index is 0.0251. The molecule has 2 bridgehead atoms. The van der Waals surface area contributed by atoms with Crippen LogP contribution in [0.25, 0.3) is 0 Å². The number of amides is 1. The van der Waals surface area contributed by atoms with Crippen LogP contribution in [0, 0.1) is 11.8 Å². The second-order valence-electron chi connectivity index (χ2n) is 8.48. The minimum atomic E-state index is -3.02. The molecule has 1 aromatic carbocycles. The molecule has 2 aliphatic carbocycles. The quantitative estimate of drug-likeness (QED) is 0.696. The molecule has 0 unspecified atom stereocenters. The molecular formula is C20H23ClN2O4S2. The van der Waals surface area contributed by atoms with E-state index in [0.29, 0.717) is 27.9 Å². The second kappa shape index (κ2) is 7.46. The topological polar surface area (TPSA) is 76.0 Å². The number of nitrogens with zero attached hydrogens (tertiary/aromatic N) is 2. The highest BCUT2D eigenvalue weighted by Crippen LogP contribution is 2.51. The van der Waals surface area contributed by atoms with E-state index in [1.54, 1.807) is 24.3 Å². The third-order valence-electron chi connectivity index (χ3n) is 6.56. The fourth-order valence-corrected chi connectivity index (χ4v) is 9.46. The lowest BCUT2D eigenvalue weighted by atomic mass is 9.93. The predicted molar refractivity (Wildman–Crippen MR) is 114 cm³/mol. The molecule has 156 valence electrons. The van der Waals surface area contributed by atoms with Gasteiger partial charge >= 0.3 is 0 Å². The van der Waals surface area contributed by atoms with Gasteiger partial charge in [0.1, 0.15) is 5.75 Å². The van der Waals surface area contributed by atoms with Gasteiger partial charge in [-0.25, -0.2) is 8.42 Å². The molecule has 5 atom stereocenters. The molecule has 0 spiro atoms. The van der Waals surface area contributed by atoms with Gasteiger partial charge in [-0.05, 0) is 55.4 Å². The van der Waals surface area contributed by atoms with Crippen molar-refractivity contribution in [2.75, 3.05) is 18.1 Å². The average molecular weight is 455 g/mol. The Hall–Kier alpha value is -1.25. The fourth-order valence-electron chi connectivity index (χ4n) is 5.35. The first-order valence-corrected chi connectivity index (χ1v) is 13.1. The van der Waals surface area contributed by atoms with Crippen LogP contribution < -0.4 is 4.74 Å². The highest BCUT2D eigenvalue weighted by molar-refractivity contribution is 8.15. The van der Waals surface area contributed by atoms with Crippen molar-refractivity contribution in [3.05, 3.63) is 29.3 Å². The molecule has 1 amide bonds. The number of amidine groups is 1. The van der Waals surface area contributed by atoms with Gasteiger partial charge in [0.05, 0.1) is 17.5 Å². The summed E-state index contributed by atoms with van der Waals surface area (Å²) in [5.74, 6) is 1.89. The van der Waals surface area contributed by atoms with Gasteiger partial charge < -0.3 is 9.64 Å². The number of carbonyl (C=O) groups excluding carboxylic acids is 1. The summed E-state index contributed by atoms with van der Waals surface area (Å²) in [7, 11) is -3.02. The zero-order valence-corrected chi connectivity index (χ0v) is 18.3. The Labute approximate surface area is 179 Å². The molecule has 2 aliphatic heterocycles. The molecular weight excluding hydrogens is 432 g/mol. The standard InChI is InChI=1S/C20H23ClN2O4S2/c21-14-3-5-15(6-4-14)27-9-19(24)22-20-23(16-8-12-1-2-13(16)7-12)17-10-29(25,26)11-18(17)28-20/h3-6,12-13,16-18H,1-2,7-11H2/t12-,13-,16+,17+,18+/m0/s1. The lowest BCUT2D eigenvalue weighted by Gasteiger charge is -2.36. The summed E-state index contributed by atoms with van der Waals surface area (Å²) in [6.07, 6.45) is 4.77. The van der Waals surface area contributed by atoms with Crippen molar-refractivity contribution >= 4 is 44.3 Å². The van der Waals surface area contributed by atoms with E-state index in [1.807, 2.05) is 0 Å². The van der Waals surface area contributed by atoms with Crippen molar-refractivity contribution in [1.82, 2.24) is 4.90 Å². The van der Waals surface area contributed by atoms with E-state index in [9.17, 15) is 13.2 Å². The molecule has 29 heavy (non-hydrogen) atoms. The number of aliphatic imine (C=N–C) groups is 1. The highest BCUT2D eigenvalue weighted by atomic mass is 35.5. The Morgan fingerprint density at radius 3 is 2.66 bits per heavy atom. The fraction of sp³-hybridized carbons (Fsp3) is 0.600. The molecule has 4 aliphatic rings. The van der Waals surface area contributed by atoms with Gasteiger partial charge in [0, 0.05) is 16.3 Å².